The van der Waals surface area contributed by atoms with Gasteiger partial charge in [-0.2, -0.15) is 0 Å². The highest BCUT2D eigenvalue weighted by atomic mass is 16.5. The van der Waals surface area contributed by atoms with Crippen molar-refractivity contribution < 1.29 is 4.74 Å². The molecule has 0 aliphatic heterocycles. The molecule has 1 heteroatoms. The van der Waals surface area contributed by atoms with Crippen LogP contribution in [-0.4, -0.2) is 13.7 Å². The number of hydrogen-bond acceptors (Lipinski definition) is 1. The second kappa shape index (κ2) is 5.48. The van der Waals surface area contributed by atoms with E-state index in [0.717, 1.165) is 6.61 Å². The minimum Gasteiger partial charge on any atom is -0.384 e. The Bertz CT molecular complexity index is 94.9. The zero-order valence-electron chi connectivity index (χ0n) is 7.42. The van der Waals surface area contributed by atoms with E-state index < -0.39 is 0 Å². The summed E-state index contributed by atoms with van der Waals surface area (Å²) >= 11 is 0. The van der Waals surface area contributed by atoms with E-state index in [1.54, 1.807) is 7.11 Å². The van der Waals surface area contributed by atoms with Crippen LogP contribution in [0.25, 0.3) is 0 Å². The van der Waals surface area contributed by atoms with Crippen molar-refractivity contribution in [2.45, 2.75) is 20.8 Å². The predicted octanol–water partition coefficient (Wildman–Crippen LogP) is 2.48. The van der Waals surface area contributed by atoms with Gasteiger partial charge in [-0.3, -0.25) is 0 Å². The summed E-state index contributed by atoms with van der Waals surface area (Å²) in [7, 11) is 1.75. The van der Waals surface area contributed by atoms with Gasteiger partial charge in [0, 0.05) is 13.0 Å². The Kier molecular flexibility index (Phi) is 5.32. The van der Waals surface area contributed by atoms with Gasteiger partial charge < -0.3 is 4.74 Å². The van der Waals surface area contributed by atoms with E-state index >= 15 is 0 Å². The Morgan fingerprint density at radius 2 is 2.00 bits per heavy atom. The number of hydrogen-bond donors (Lipinski definition) is 0. The van der Waals surface area contributed by atoms with Crippen LogP contribution in [0.4, 0.5) is 0 Å². The molecule has 10 heavy (non-hydrogen) atoms. The Balaban J connectivity index is 3.72. The first-order valence-electron chi connectivity index (χ1n) is 3.84. The van der Waals surface area contributed by atoms with Crippen LogP contribution >= 0.6 is 0 Å². The molecule has 0 aliphatic rings. The molecular weight excluding hydrogens is 124 g/mol. The van der Waals surface area contributed by atoms with Gasteiger partial charge >= 0.3 is 0 Å². The average Bonchev–Trinajstić information content (AvgIpc) is 1.87. The smallest absolute Gasteiger partial charge is 0.0527 e. The summed E-state index contributed by atoms with van der Waals surface area (Å²) in [6.07, 6.45) is 4.29. The second-order valence-corrected chi connectivity index (χ2v) is 2.89. The van der Waals surface area contributed by atoms with Crippen molar-refractivity contribution in [1.29, 1.82) is 0 Å². The van der Waals surface area contributed by atoms with Crippen molar-refractivity contribution >= 4 is 0 Å². The first-order chi connectivity index (χ1) is 4.72. The van der Waals surface area contributed by atoms with Crippen LogP contribution in [-0.2, 0) is 4.74 Å². The largest absolute Gasteiger partial charge is 0.384 e. The molecule has 0 saturated carbocycles. The molecular formula is C9H18O. The summed E-state index contributed by atoms with van der Waals surface area (Å²) in [5, 5.41) is 0. The highest BCUT2D eigenvalue weighted by molar-refractivity contribution is 4.86. The van der Waals surface area contributed by atoms with Gasteiger partial charge in [-0.15, -0.1) is 0 Å². The van der Waals surface area contributed by atoms with Crippen LogP contribution in [0.3, 0.4) is 0 Å². The van der Waals surface area contributed by atoms with Gasteiger partial charge in [0.05, 0.1) is 6.61 Å². The molecule has 0 N–H and O–H groups in total. The van der Waals surface area contributed by atoms with Gasteiger partial charge in [0.15, 0.2) is 0 Å². The van der Waals surface area contributed by atoms with E-state index in [4.69, 9.17) is 4.74 Å². The molecule has 0 aromatic rings. The van der Waals surface area contributed by atoms with Crippen molar-refractivity contribution in [1.82, 2.24) is 0 Å². The molecule has 0 bridgehead atoms. The van der Waals surface area contributed by atoms with E-state index in [1.807, 2.05) is 6.92 Å². The predicted molar refractivity (Wildman–Crippen MR) is 45.0 cm³/mol. The lowest BCUT2D eigenvalue weighted by Crippen LogP contribution is -2.11. The monoisotopic (exact) mass is 142 g/mol. The maximum absolute atomic E-state index is 5.07. The molecule has 0 rings (SSSR count). The lowest BCUT2D eigenvalue weighted by atomic mass is 9.96. The first-order valence-corrected chi connectivity index (χ1v) is 3.84. The molecule has 0 amide bonds. The van der Waals surface area contributed by atoms with Crippen molar-refractivity contribution in [3.63, 3.8) is 0 Å². The summed E-state index contributed by atoms with van der Waals surface area (Å²) < 4.78 is 5.07. The van der Waals surface area contributed by atoms with Crippen LogP contribution in [0.2, 0.25) is 0 Å². The van der Waals surface area contributed by atoms with Crippen molar-refractivity contribution in [3.8, 4) is 0 Å². The first kappa shape index (κ1) is 9.70. The minimum absolute atomic E-state index is 0.579. The maximum Gasteiger partial charge on any atom is 0.0527 e. The Hall–Kier alpha value is -0.300. The van der Waals surface area contributed by atoms with Crippen LogP contribution in [0.15, 0.2) is 12.2 Å². The van der Waals surface area contributed by atoms with Crippen molar-refractivity contribution in [2.75, 3.05) is 13.7 Å². The SMILES string of the molecule is CC=CC(COC)C(C)C. The standard InChI is InChI=1S/C9H18O/c1-5-6-9(7-10-4)8(2)3/h5-6,8-9H,7H2,1-4H3. The zero-order chi connectivity index (χ0) is 7.98. The molecule has 0 aromatic carbocycles. The summed E-state index contributed by atoms with van der Waals surface area (Å²) in [4.78, 5) is 0. The molecule has 60 valence electrons. The van der Waals surface area contributed by atoms with Crippen LogP contribution in [0.5, 0.6) is 0 Å². The molecule has 0 aliphatic carbocycles. The van der Waals surface area contributed by atoms with Gasteiger partial charge in [0.25, 0.3) is 0 Å². The number of ether oxygens (including phenoxy) is 1. The molecule has 0 radical (unpaired) electrons. The molecule has 1 nitrogen and oxygen atoms in total. The molecule has 0 spiro atoms. The molecule has 0 heterocycles. The summed E-state index contributed by atoms with van der Waals surface area (Å²) in [5.41, 5.74) is 0. The van der Waals surface area contributed by atoms with E-state index in [-0.39, 0.29) is 0 Å². The van der Waals surface area contributed by atoms with E-state index in [0.29, 0.717) is 11.8 Å². The van der Waals surface area contributed by atoms with Crippen LogP contribution in [0.1, 0.15) is 20.8 Å². The Morgan fingerprint density at radius 3 is 2.30 bits per heavy atom. The fourth-order valence-corrected chi connectivity index (χ4v) is 0.910. The highest BCUT2D eigenvalue weighted by Crippen LogP contribution is 2.11. The molecule has 1 atom stereocenters. The number of methoxy groups -OCH3 is 1. The van der Waals surface area contributed by atoms with Gasteiger partial charge in [-0.05, 0) is 12.8 Å². The van der Waals surface area contributed by atoms with Gasteiger partial charge in [-0.25, -0.2) is 0 Å². The van der Waals surface area contributed by atoms with Crippen LogP contribution < -0.4 is 0 Å². The average molecular weight is 142 g/mol. The van der Waals surface area contributed by atoms with Gasteiger partial charge in [0.2, 0.25) is 0 Å². The third-order valence-electron chi connectivity index (χ3n) is 1.66. The molecule has 1 unspecified atom stereocenters. The quantitative estimate of drug-likeness (QED) is 0.548. The summed E-state index contributed by atoms with van der Waals surface area (Å²) in [6, 6.07) is 0. The second-order valence-electron chi connectivity index (χ2n) is 2.89. The summed E-state index contributed by atoms with van der Waals surface area (Å²) in [6.45, 7) is 7.31. The van der Waals surface area contributed by atoms with E-state index in [2.05, 4.69) is 26.0 Å². The molecule has 0 fully saturated rings. The molecule has 0 saturated heterocycles. The molecule has 0 aromatic heterocycles. The highest BCUT2D eigenvalue weighted by Gasteiger charge is 2.07. The van der Waals surface area contributed by atoms with Crippen molar-refractivity contribution in [3.05, 3.63) is 12.2 Å². The van der Waals surface area contributed by atoms with Gasteiger partial charge in [-0.1, -0.05) is 26.0 Å². The number of allylic oxidation sites excluding steroid dienone is 1. The minimum atomic E-state index is 0.579. The lowest BCUT2D eigenvalue weighted by Gasteiger charge is -2.14. The fourth-order valence-electron chi connectivity index (χ4n) is 0.910. The van der Waals surface area contributed by atoms with Gasteiger partial charge in [0.1, 0.15) is 0 Å². The van der Waals surface area contributed by atoms with Crippen LogP contribution in [0, 0.1) is 11.8 Å². The number of rotatable bonds is 4. The lowest BCUT2D eigenvalue weighted by molar-refractivity contribution is 0.151. The normalized spacial score (nSPS) is 14.9. The topological polar surface area (TPSA) is 9.23 Å². The maximum atomic E-state index is 5.07. The zero-order valence-corrected chi connectivity index (χ0v) is 7.42. The third kappa shape index (κ3) is 3.67. The fraction of sp³-hybridized carbons (Fsp3) is 0.778. The summed E-state index contributed by atoms with van der Waals surface area (Å²) in [5.74, 6) is 1.26. The van der Waals surface area contributed by atoms with E-state index in [9.17, 15) is 0 Å². The Labute approximate surface area is 64.1 Å². The van der Waals surface area contributed by atoms with Crippen molar-refractivity contribution in [2.24, 2.45) is 11.8 Å². The third-order valence-corrected chi connectivity index (χ3v) is 1.66. The van der Waals surface area contributed by atoms with E-state index in [1.165, 1.54) is 0 Å². The Morgan fingerprint density at radius 1 is 1.40 bits per heavy atom.